The Bertz CT molecular complexity index is 277. The molecule has 0 N–H and O–H groups in total. The van der Waals surface area contributed by atoms with Crippen molar-refractivity contribution in [2.24, 2.45) is 0 Å². The molecule has 0 bridgehead atoms. The molecule has 82 valence electrons. The van der Waals surface area contributed by atoms with E-state index in [1.807, 2.05) is 12.1 Å². The van der Waals surface area contributed by atoms with Crippen LogP contribution >= 0.6 is 0 Å². The zero-order chi connectivity index (χ0) is 10.9. The number of aldehydes is 1. The van der Waals surface area contributed by atoms with Gasteiger partial charge in [-0.25, -0.2) is 0 Å². The summed E-state index contributed by atoms with van der Waals surface area (Å²) in [6.45, 7) is 2.86. The zero-order valence-electron chi connectivity index (χ0n) is 9.24. The topological polar surface area (TPSA) is 26.3 Å². The van der Waals surface area contributed by atoms with E-state index in [1.54, 1.807) is 0 Å². The molecule has 0 saturated carbocycles. The predicted molar refractivity (Wildman–Crippen MR) is 61.2 cm³/mol. The number of carbonyl (C=O) groups excluding carboxylic acids is 1. The summed E-state index contributed by atoms with van der Waals surface area (Å²) >= 11 is 0. The van der Waals surface area contributed by atoms with Crippen LogP contribution in [0, 0.1) is 0 Å². The summed E-state index contributed by atoms with van der Waals surface area (Å²) < 4.78 is 5.48. The van der Waals surface area contributed by atoms with Crippen LogP contribution in [0.2, 0.25) is 0 Å². The Balaban J connectivity index is 2.38. The molecule has 2 heteroatoms. The molecular formula is C13H18O2. The van der Waals surface area contributed by atoms with Crippen molar-refractivity contribution in [1.82, 2.24) is 0 Å². The highest BCUT2D eigenvalue weighted by Gasteiger charge is 1.95. The van der Waals surface area contributed by atoms with Crippen molar-refractivity contribution in [1.29, 1.82) is 0 Å². The van der Waals surface area contributed by atoms with E-state index in [9.17, 15) is 4.79 Å². The fourth-order valence-electron chi connectivity index (χ4n) is 1.36. The number of ether oxygens (including phenoxy) is 1. The van der Waals surface area contributed by atoms with E-state index in [1.165, 1.54) is 5.56 Å². The van der Waals surface area contributed by atoms with Crippen molar-refractivity contribution in [2.75, 3.05) is 6.61 Å². The van der Waals surface area contributed by atoms with E-state index in [0.29, 0.717) is 6.42 Å². The summed E-state index contributed by atoms with van der Waals surface area (Å²) in [7, 11) is 0. The maximum absolute atomic E-state index is 10.1. The highest BCUT2D eigenvalue weighted by molar-refractivity contribution is 5.49. The van der Waals surface area contributed by atoms with Crippen molar-refractivity contribution in [3.63, 3.8) is 0 Å². The minimum Gasteiger partial charge on any atom is -0.494 e. The normalized spacial score (nSPS) is 9.93. The van der Waals surface area contributed by atoms with Crippen LogP contribution in [0.4, 0.5) is 0 Å². The minimum absolute atomic E-state index is 0.647. The fourth-order valence-corrected chi connectivity index (χ4v) is 1.36. The summed E-state index contributed by atoms with van der Waals surface area (Å²) in [6.07, 6.45) is 4.54. The molecule has 0 aliphatic carbocycles. The Morgan fingerprint density at radius 1 is 1.27 bits per heavy atom. The molecular weight excluding hydrogens is 188 g/mol. The van der Waals surface area contributed by atoms with Crippen LogP contribution in [0.3, 0.4) is 0 Å². The standard InChI is InChI=1S/C13H18O2/c1-2-11-15-13-8-6-12(7-9-13)5-3-4-10-14/h6-10H,2-5,11H2,1H3. The minimum atomic E-state index is 0.647. The Labute approximate surface area is 91.3 Å². The average Bonchev–Trinajstić information content (AvgIpc) is 2.28. The van der Waals surface area contributed by atoms with Crippen molar-refractivity contribution in [2.45, 2.75) is 32.6 Å². The van der Waals surface area contributed by atoms with Gasteiger partial charge in [0.15, 0.2) is 0 Å². The van der Waals surface area contributed by atoms with Gasteiger partial charge in [-0.15, -0.1) is 0 Å². The molecule has 0 radical (unpaired) electrons. The van der Waals surface area contributed by atoms with Gasteiger partial charge in [0.25, 0.3) is 0 Å². The van der Waals surface area contributed by atoms with Gasteiger partial charge in [-0.1, -0.05) is 19.1 Å². The van der Waals surface area contributed by atoms with Gasteiger partial charge < -0.3 is 9.53 Å². The van der Waals surface area contributed by atoms with Crippen LogP contribution in [0.25, 0.3) is 0 Å². The van der Waals surface area contributed by atoms with Gasteiger partial charge in [-0.2, -0.15) is 0 Å². The largest absolute Gasteiger partial charge is 0.494 e. The lowest BCUT2D eigenvalue weighted by atomic mass is 10.1. The van der Waals surface area contributed by atoms with Crippen LogP contribution in [-0.2, 0) is 11.2 Å². The maximum atomic E-state index is 10.1. The molecule has 0 aromatic heterocycles. The zero-order valence-corrected chi connectivity index (χ0v) is 9.24. The molecule has 0 saturated heterocycles. The second-order valence-corrected chi connectivity index (χ2v) is 3.55. The van der Waals surface area contributed by atoms with Crippen LogP contribution in [0.15, 0.2) is 24.3 Å². The molecule has 0 heterocycles. The van der Waals surface area contributed by atoms with E-state index in [-0.39, 0.29) is 0 Å². The van der Waals surface area contributed by atoms with Crippen LogP contribution in [0.1, 0.15) is 31.7 Å². The number of benzene rings is 1. The molecule has 15 heavy (non-hydrogen) atoms. The molecule has 0 atom stereocenters. The van der Waals surface area contributed by atoms with E-state index in [0.717, 1.165) is 37.9 Å². The van der Waals surface area contributed by atoms with Crippen LogP contribution < -0.4 is 4.74 Å². The third-order valence-corrected chi connectivity index (χ3v) is 2.18. The van der Waals surface area contributed by atoms with Crippen molar-refractivity contribution in [3.8, 4) is 5.75 Å². The third-order valence-electron chi connectivity index (χ3n) is 2.18. The lowest BCUT2D eigenvalue weighted by Crippen LogP contribution is -1.95. The number of hydrogen-bond donors (Lipinski definition) is 0. The number of aryl methyl sites for hydroxylation is 1. The number of hydrogen-bond acceptors (Lipinski definition) is 2. The van der Waals surface area contributed by atoms with Crippen molar-refractivity contribution < 1.29 is 9.53 Å². The highest BCUT2D eigenvalue weighted by Crippen LogP contribution is 2.13. The van der Waals surface area contributed by atoms with Crippen molar-refractivity contribution >= 4 is 6.29 Å². The summed E-state index contributed by atoms with van der Waals surface area (Å²) in [5, 5.41) is 0. The van der Waals surface area contributed by atoms with Gasteiger partial charge in [0, 0.05) is 6.42 Å². The second-order valence-electron chi connectivity index (χ2n) is 3.55. The first kappa shape index (κ1) is 11.8. The molecule has 1 aromatic rings. The van der Waals surface area contributed by atoms with Gasteiger partial charge in [0.05, 0.1) is 6.61 Å². The van der Waals surface area contributed by atoms with Gasteiger partial charge in [-0.05, 0) is 37.0 Å². The Kier molecular flexibility index (Phi) is 5.52. The predicted octanol–water partition coefficient (Wildman–Crippen LogP) is 3.00. The van der Waals surface area contributed by atoms with Gasteiger partial charge >= 0.3 is 0 Å². The van der Waals surface area contributed by atoms with Crippen molar-refractivity contribution in [3.05, 3.63) is 29.8 Å². The molecule has 1 aromatic carbocycles. The average molecular weight is 206 g/mol. The molecule has 0 aliphatic rings. The molecule has 0 aliphatic heterocycles. The van der Waals surface area contributed by atoms with Gasteiger partial charge in [-0.3, -0.25) is 0 Å². The fraction of sp³-hybridized carbons (Fsp3) is 0.462. The molecule has 0 amide bonds. The Morgan fingerprint density at radius 2 is 2.00 bits per heavy atom. The lowest BCUT2D eigenvalue weighted by molar-refractivity contribution is -0.107. The third kappa shape index (κ3) is 4.63. The van der Waals surface area contributed by atoms with E-state index in [2.05, 4.69) is 19.1 Å². The maximum Gasteiger partial charge on any atom is 0.120 e. The first-order valence-electron chi connectivity index (χ1n) is 5.52. The SMILES string of the molecule is CCCOc1ccc(CCCC=O)cc1. The molecule has 1 rings (SSSR count). The lowest BCUT2D eigenvalue weighted by Gasteiger charge is -2.05. The molecule has 2 nitrogen and oxygen atoms in total. The summed E-state index contributed by atoms with van der Waals surface area (Å²) in [5.41, 5.74) is 1.26. The summed E-state index contributed by atoms with van der Waals surface area (Å²) in [6, 6.07) is 8.11. The van der Waals surface area contributed by atoms with Crippen LogP contribution in [0.5, 0.6) is 5.75 Å². The smallest absolute Gasteiger partial charge is 0.120 e. The van der Waals surface area contributed by atoms with E-state index >= 15 is 0 Å². The summed E-state index contributed by atoms with van der Waals surface area (Å²) in [4.78, 5) is 10.1. The number of unbranched alkanes of at least 4 members (excludes halogenated alkanes) is 1. The summed E-state index contributed by atoms with van der Waals surface area (Å²) in [5.74, 6) is 0.927. The Hall–Kier alpha value is -1.31. The highest BCUT2D eigenvalue weighted by atomic mass is 16.5. The van der Waals surface area contributed by atoms with E-state index in [4.69, 9.17) is 4.74 Å². The molecule has 0 fully saturated rings. The second kappa shape index (κ2) is 7.04. The van der Waals surface area contributed by atoms with Crippen LogP contribution in [-0.4, -0.2) is 12.9 Å². The van der Waals surface area contributed by atoms with Gasteiger partial charge in [0.1, 0.15) is 12.0 Å². The van der Waals surface area contributed by atoms with Gasteiger partial charge in [0.2, 0.25) is 0 Å². The quantitative estimate of drug-likeness (QED) is 0.506. The number of rotatable bonds is 7. The first-order chi connectivity index (χ1) is 7.36. The molecule has 0 spiro atoms. The first-order valence-corrected chi connectivity index (χ1v) is 5.52. The monoisotopic (exact) mass is 206 g/mol. The van der Waals surface area contributed by atoms with E-state index < -0.39 is 0 Å². The Morgan fingerprint density at radius 3 is 2.60 bits per heavy atom. The number of carbonyl (C=O) groups is 1. The molecule has 0 unspecified atom stereocenters.